The molecular weight excluding hydrogens is 394 g/mol. The Bertz CT molecular complexity index is 831. The Hall–Kier alpha value is -2.60. The lowest BCUT2D eigenvalue weighted by molar-refractivity contribution is 0.0774. The zero-order valence-electron chi connectivity index (χ0n) is 14.5. The van der Waals surface area contributed by atoms with E-state index in [9.17, 15) is 4.79 Å². The highest BCUT2D eigenvalue weighted by molar-refractivity contribution is 9.10. The molecule has 0 aliphatic heterocycles. The predicted octanol–water partition coefficient (Wildman–Crippen LogP) is 3.84. The molecule has 0 spiro atoms. The lowest BCUT2D eigenvalue weighted by atomic mass is 10.1. The van der Waals surface area contributed by atoms with Crippen molar-refractivity contribution < 1.29 is 9.53 Å². The molecule has 0 saturated carbocycles. The second-order valence-corrected chi connectivity index (χ2v) is 6.85. The van der Waals surface area contributed by atoms with Crippen molar-refractivity contribution in [1.82, 2.24) is 14.7 Å². The number of rotatable bonds is 7. The van der Waals surface area contributed by atoms with Gasteiger partial charge in [0, 0.05) is 29.5 Å². The van der Waals surface area contributed by atoms with Crippen LogP contribution in [0.15, 0.2) is 71.5 Å². The maximum atomic E-state index is 12.5. The first-order chi connectivity index (χ1) is 12.6. The molecule has 5 nitrogen and oxygen atoms in total. The van der Waals surface area contributed by atoms with Crippen LogP contribution in [0.1, 0.15) is 15.9 Å². The summed E-state index contributed by atoms with van der Waals surface area (Å²) in [6.45, 7) is 1.66. The van der Waals surface area contributed by atoms with Gasteiger partial charge in [0.25, 0.3) is 5.91 Å². The van der Waals surface area contributed by atoms with Crippen LogP contribution in [0.5, 0.6) is 5.75 Å². The zero-order chi connectivity index (χ0) is 18.4. The molecule has 3 aromatic rings. The maximum absolute atomic E-state index is 12.5. The van der Waals surface area contributed by atoms with E-state index in [2.05, 4.69) is 21.0 Å². The summed E-state index contributed by atoms with van der Waals surface area (Å²) in [5.74, 6) is 0.770. The molecule has 0 unspecified atom stereocenters. The van der Waals surface area contributed by atoms with Gasteiger partial charge in [-0.05, 0) is 48.0 Å². The summed E-state index contributed by atoms with van der Waals surface area (Å²) < 4.78 is 8.53. The minimum absolute atomic E-state index is 0.0185. The van der Waals surface area contributed by atoms with Crippen molar-refractivity contribution in [1.29, 1.82) is 0 Å². The molecule has 1 aromatic heterocycles. The van der Waals surface area contributed by atoms with Gasteiger partial charge in [0.1, 0.15) is 12.4 Å². The average Bonchev–Trinajstić information content (AvgIpc) is 3.16. The lowest BCUT2D eigenvalue weighted by Gasteiger charge is -2.18. The van der Waals surface area contributed by atoms with E-state index in [0.717, 1.165) is 15.8 Å². The molecule has 0 radical (unpaired) electrons. The minimum atomic E-state index is -0.0185. The number of benzene rings is 2. The van der Waals surface area contributed by atoms with Crippen molar-refractivity contribution in [2.45, 2.75) is 6.54 Å². The fourth-order valence-electron chi connectivity index (χ4n) is 2.49. The molecule has 0 saturated heterocycles. The molecule has 134 valence electrons. The topological polar surface area (TPSA) is 47.4 Å². The van der Waals surface area contributed by atoms with Gasteiger partial charge >= 0.3 is 0 Å². The van der Waals surface area contributed by atoms with Gasteiger partial charge < -0.3 is 9.64 Å². The van der Waals surface area contributed by atoms with Gasteiger partial charge in [0.05, 0.1) is 13.1 Å². The number of carbonyl (C=O) groups is 1. The number of hydrogen-bond donors (Lipinski definition) is 0. The van der Waals surface area contributed by atoms with Crippen LogP contribution in [0.2, 0.25) is 0 Å². The number of ether oxygens (including phenoxy) is 1. The van der Waals surface area contributed by atoms with Gasteiger partial charge in [-0.1, -0.05) is 28.1 Å². The third kappa shape index (κ3) is 4.95. The van der Waals surface area contributed by atoms with Crippen LogP contribution >= 0.6 is 15.9 Å². The Labute approximate surface area is 161 Å². The highest BCUT2D eigenvalue weighted by Crippen LogP contribution is 2.16. The lowest BCUT2D eigenvalue weighted by Crippen LogP contribution is -2.30. The highest BCUT2D eigenvalue weighted by Gasteiger charge is 2.11. The summed E-state index contributed by atoms with van der Waals surface area (Å²) in [4.78, 5) is 14.2. The number of amides is 1. The van der Waals surface area contributed by atoms with Crippen LogP contribution in [0.25, 0.3) is 0 Å². The number of hydrogen-bond acceptors (Lipinski definition) is 3. The van der Waals surface area contributed by atoms with Crippen LogP contribution in [0.4, 0.5) is 0 Å². The van der Waals surface area contributed by atoms with Crippen molar-refractivity contribution in [3.05, 3.63) is 82.6 Å². The summed E-state index contributed by atoms with van der Waals surface area (Å²) in [6, 6.07) is 17.2. The minimum Gasteiger partial charge on any atom is -0.492 e. The Morgan fingerprint density at radius 3 is 2.54 bits per heavy atom. The summed E-state index contributed by atoms with van der Waals surface area (Å²) in [5, 5.41) is 4.19. The van der Waals surface area contributed by atoms with Gasteiger partial charge in [0.15, 0.2) is 0 Å². The second kappa shape index (κ2) is 8.67. The van der Waals surface area contributed by atoms with Crippen LogP contribution in [0, 0.1) is 0 Å². The molecule has 6 heteroatoms. The van der Waals surface area contributed by atoms with E-state index in [1.165, 1.54) is 0 Å². The first-order valence-corrected chi connectivity index (χ1v) is 9.11. The fraction of sp³-hybridized carbons (Fsp3) is 0.200. The van der Waals surface area contributed by atoms with E-state index in [-0.39, 0.29) is 5.91 Å². The monoisotopic (exact) mass is 413 g/mol. The number of nitrogens with zero attached hydrogens (tertiary/aromatic N) is 3. The third-order valence-electron chi connectivity index (χ3n) is 3.96. The molecule has 1 amide bonds. The van der Waals surface area contributed by atoms with Crippen molar-refractivity contribution >= 4 is 21.8 Å². The fourth-order valence-corrected chi connectivity index (χ4v) is 2.75. The van der Waals surface area contributed by atoms with E-state index in [0.29, 0.717) is 25.3 Å². The van der Waals surface area contributed by atoms with Crippen molar-refractivity contribution in [2.75, 3.05) is 20.2 Å². The van der Waals surface area contributed by atoms with E-state index < -0.39 is 0 Å². The summed E-state index contributed by atoms with van der Waals surface area (Å²) in [7, 11) is 1.78. The second-order valence-electron chi connectivity index (χ2n) is 5.93. The quantitative estimate of drug-likeness (QED) is 0.590. The molecule has 0 bridgehead atoms. The Kier molecular flexibility index (Phi) is 6.07. The van der Waals surface area contributed by atoms with Gasteiger partial charge in [-0.25, -0.2) is 0 Å². The first-order valence-electron chi connectivity index (χ1n) is 8.32. The Balaban J connectivity index is 1.50. The van der Waals surface area contributed by atoms with Crippen molar-refractivity contribution in [3.8, 4) is 5.75 Å². The molecule has 1 heterocycles. The molecule has 3 rings (SSSR count). The number of carbonyl (C=O) groups excluding carboxylic acids is 1. The normalized spacial score (nSPS) is 10.5. The van der Waals surface area contributed by atoms with Crippen LogP contribution < -0.4 is 4.74 Å². The third-order valence-corrected chi connectivity index (χ3v) is 4.49. The van der Waals surface area contributed by atoms with E-state index >= 15 is 0 Å². The Morgan fingerprint density at radius 2 is 1.88 bits per heavy atom. The van der Waals surface area contributed by atoms with Crippen LogP contribution in [-0.2, 0) is 6.54 Å². The van der Waals surface area contributed by atoms with Crippen LogP contribution in [0.3, 0.4) is 0 Å². The van der Waals surface area contributed by atoms with Crippen molar-refractivity contribution in [2.24, 2.45) is 0 Å². The maximum Gasteiger partial charge on any atom is 0.253 e. The first kappa shape index (κ1) is 18.2. The van der Waals surface area contributed by atoms with Crippen LogP contribution in [-0.4, -0.2) is 40.8 Å². The Morgan fingerprint density at radius 1 is 1.15 bits per heavy atom. The molecule has 0 N–H and O–H groups in total. The number of aromatic nitrogens is 2. The zero-order valence-corrected chi connectivity index (χ0v) is 16.1. The number of likely N-dealkylation sites (N-methyl/N-ethyl adjacent to an activating group) is 1. The standard InChI is InChI=1S/C20H20BrN3O2/c1-23(13-14-26-19-9-7-18(21)8-10-19)20(25)17-5-3-16(4-6-17)15-24-12-2-11-22-24/h2-12H,13-15H2,1H3. The van der Waals surface area contributed by atoms with E-state index in [1.54, 1.807) is 18.1 Å². The van der Waals surface area contributed by atoms with Gasteiger partial charge in [-0.15, -0.1) is 0 Å². The molecule has 26 heavy (non-hydrogen) atoms. The average molecular weight is 414 g/mol. The highest BCUT2D eigenvalue weighted by atomic mass is 79.9. The van der Waals surface area contributed by atoms with Gasteiger partial charge in [-0.2, -0.15) is 5.10 Å². The molecular formula is C20H20BrN3O2. The van der Waals surface area contributed by atoms with Gasteiger partial charge in [0.2, 0.25) is 0 Å². The van der Waals surface area contributed by atoms with E-state index in [4.69, 9.17) is 4.74 Å². The summed E-state index contributed by atoms with van der Waals surface area (Å²) >= 11 is 3.39. The molecule has 0 aliphatic rings. The predicted molar refractivity (Wildman–Crippen MR) is 104 cm³/mol. The largest absolute Gasteiger partial charge is 0.492 e. The van der Waals surface area contributed by atoms with Crippen molar-refractivity contribution in [3.63, 3.8) is 0 Å². The smallest absolute Gasteiger partial charge is 0.253 e. The molecule has 0 aliphatic carbocycles. The van der Waals surface area contributed by atoms with Gasteiger partial charge in [-0.3, -0.25) is 9.48 Å². The molecule has 0 atom stereocenters. The summed E-state index contributed by atoms with van der Waals surface area (Å²) in [6.07, 6.45) is 3.67. The SMILES string of the molecule is CN(CCOc1ccc(Br)cc1)C(=O)c1ccc(Cn2cccn2)cc1. The summed E-state index contributed by atoms with van der Waals surface area (Å²) in [5.41, 5.74) is 1.77. The molecule has 2 aromatic carbocycles. The number of halogens is 1. The molecule has 0 fully saturated rings. The van der Waals surface area contributed by atoms with E-state index in [1.807, 2.05) is 65.5 Å².